The van der Waals surface area contributed by atoms with Gasteiger partial charge in [-0.2, -0.15) is 0 Å². The maximum absolute atomic E-state index is 12.9. The van der Waals surface area contributed by atoms with E-state index in [0.29, 0.717) is 35.3 Å². The van der Waals surface area contributed by atoms with E-state index in [2.05, 4.69) is 20.8 Å². The number of nitrogens with zero attached hydrogens (tertiary/aromatic N) is 1. The third-order valence-corrected chi connectivity index (χ3v) is 5.04. The first-order chi connectivity index (χ1) is 12.2. The Bertz CT molecular complexity index is 776. The third-order valence-electron chi connectivity index (χ3n) is 4.61. The Morgan fingerprint density at radius 1 is 1.08 bits per heavy atom. The van der Waals surface area contributed by atoms with Crippen molar-refractivity contribution in [2.75, 3.05) is 19.7 Å². The molecular formula is C21H23Cl2NO2. The number of halogens is 2. The van der Waals surface area contributed by atoms with E-state index in [1.54, 1.807) is 6.07 Å². The highest BCUT2D eigenvalue weighted by Crippen LogP contribution is 2.29. The molecule has 2 aromatic rings. The van der Waals surface area contributed by atoms with E-state index in [9.17, 15) is 4.79 Å². The van der Waals surface area contributed by atoms with Crippen molar-refractivity contribution in [3.05, 3.63) is 69.2 Å². The number of benzene rings is 2. The Labute approximate surface area is 164 Å². The number of hydrogen-bond acceptors (Lipinski definition) is 2. The number of carbonyl (C=O) groups excluding carboxylic acids is 1. The van der Waals surface area contributed by atoms with Crippen molar-refractivity contribution >= 4 is 29.1 Å². The van der Waals surface area contributed by atoms with E-state index in [1.165, 1.54) is 5.56 Å². The molecule has 1 aliphatic heterocycles. The molecule has 26 heavy (non-hydrogen) atoms. The summed E-state index contributed by atoms with van der Waals surface area (Å²) < 4.78 is 5.84. The van der Waals surface area contributed by atoms with Gasteiger partial charge in [0.2, 0.25) is 0 Å². The average molecular weight is 392 g/mol. The van der Waals surface area contributed by atoms with Gasteiger partial charge < -0.3 is 9.64 Å². The first kappa shape index (κ1) is 19.2. The van der Waals surface area contributed by atoms with Crippen LogP contribution in [0.25, 0.3) is 0 Å². The van der Waals surface area contributed by atoms with Crippen LogP contribution in [0.15, 0.2) is 42.5 Å². The molecular weight excluding hydrogens is 369 g/mol. The van der Waals surface area contributed by atoms with Crippen molar-refractivity contribution in [1.29, 1.82) is 0 Å². The lowest BCUT2D eigenvalue weighted by molar-refractivity contribution is -0.0228. The van der Waals surface area contributed by atoms with Gasteiger partial charge in [-0.15, -0.1) is 0 Å². The fourth-order valence-electron chi connectivity index (χ4n) is 3.09. The summed E-state index contributed by atoms with van der Waals surface area (Å²) in [6, 6.07) is 13.2. The minimum atomic E-state index is -0.224. The molecule has 1 unspecified atom stereocenters. The van der Waals surface area contributed by atoms with Crippen molar-refractivity contribution in [1.82, 2.24) is 4.90 Å². The van der Waals surface area contributed by atoms with E-state index >= 15 is 0 Å². The minimum absolute atomic E-state index is 0.0203. The molecule has 1 fully saturated rings. The fraction of sp³-hybridized carbons (Fsp3) is 0.381. The molecule has 1 heterocycles. The van der Waals surface area contributed by atoms with E-state index in [-0.39, 0.29) is 17.4 Å². The molecule has 0 saturated carbocycles. The largest absolute Gasteiger partial charge is 0.370 e. The predicted octanol–water partition coefficient (Wildman–Crippen LogP) is 5.50. The van der Waals surface area contributed by atoms with Gasteiger partial charge in [0.15, 0.2) is 0 Å². The average Bonchev–Trinajstić information content (AvgIpc) is 2.60. The highest BCUT2D eigenvalue weighted by atomic mass is 35.5. The molecule has 5 heteroatoms. The summed E-state index contributed by atoms with van der Waals surface area (Å²) in [6.07, 6.45) is -0.224. The van der Waals surface area contributed by atoms with E-state index < -0.39 is 0 Å². The van der Waals surface area contributed by atoms with Gasteiger partial charge >= 0.3 is 0 Å². The van der Waals surface area contributed by atoms with Gasteiger partial charge in [-0.25, -0.2) is 0 Å². The van der Waals surface area contributed by atoms with Crippen LogP contribution in [0, 0.1) is 0 Å². The molecule has 3 nitrogen and oxygen atoms in total. The Morgan fingerprint density at radius 3 is 2.27 bits per heavy atom. The highest BCUT2D eigenvalue weighted by Gasteiger charge is 2.27. The second kappa shape index (κ2) is 7.59. The number of rotatable bonds is 2. The van der Waals surface area contributed by atoms with Gasteiger partial charge in [0.25, 0.3) is 5.91 Å². The maximum atomic E-state index is 12.9. The summed E-state index contributed by atoms with van der Waals surface area (Å²) >= 11 is 12.2. The van der Waals surface area contributed by atoms with Crippen LogP contribution in [-0.2, 0) is 10.2 Å². The molecule has 1 saturated heterocycles. The fourth-order valence-corrected chi connectivity index (χ4v) is 3.63. The SMILES string of the molecule is CC(C)(C)c1ccc(C(=O)N2CCOC(c3cc(Cl)cc(Cl)c3)C2)cc1. The molecule has 0 aromatic heterocycles. The Morgan fingerprint density at radius 2 is 1.69 bits per heavy atom. The molecule has 3 rings (SSSR count). The number of carbonyl (C=O) groups is 1. The molecule has 0 radical (unpaired) electrons. The molecule has 1 aliphatic rings. The monoisotopic (exact) mass is 391 g/mol. The van der Waals surface area contributed by atoms with Gasteiger partial charge in [-0.05, 0) is 46.9 Å². The van der Waals surface area contributed by atoms with Crippen molar-refractivity contribution < 1.29 is 9.53 Å². The van der Waals surface area contributed by atoms with Crippen molar-refractivity contribution in [3.8, 4) is 0 Å². The standard InChI is InChI=1S/C21H23Cl2NO2/c1-21(2,3)16-6-4-14(5-7-16)20(25)24-8-9-26-19(13-24)15-10-17(22)12-18(23)11-15/h4-7,10-12,19H,8-9,13H2,1-3H3. The Hall–Kier alpha value is -1.55. The molecule has 2 aromatic carbocycles. The van der Waals surface area contributed by atoms with E-state index in [0.717, 1.165) is 5.56 Å². The zero-order valence-corrected chi connectivity index (χ0v) is 16.8. The Balaban J connectivity index is 1.75. The van der Waals surface area contributed by atoms with Gasteiger partial charge in [-0.1, -0.05) is 56.1 Å². The van der Waals surface area contributed by atoms with Crippen LogP contribution in [0.2, 0.25) is 10.0 Å². The molecule has 1 amide bonds. The van der Waals surface area contributed by atoms with Gasteiger partial charge in [0.1, 0.15) is 6.10 Å². The number of amides is 1. The van der Waals surface area contributed by atoms with Crippen LogP contribution in [0.1, 0.15) is 48.4 Å². The summed E-state index contributed by atoms with van der Waals surface area (Å²) in [6.45, 7) is 8.02. The molecule has 1 atom stereocenters. The number of ether oxygens (including phenoxy) is 1. The van der Waals surface area contributed by atoms with Gasteiger partial charge in [0.05, 0.1) is 13.2 Å². The summed E-state index contributed by atoms with van der Waals surface area (Å²) in [7, 11) is 0. The molecule has 0 spiro atoms. The van der Waals surface area contributed by atoms with Crippen molar-refractivity contribution in [2.45, 2.75) is 32.3 Å². The summed E-state index contributed by atoms with van der Waals surface area (Å²) in [5.41, 5.74) is 2.87. The first-order valence-corrected chi connectivity index (χ1v) is 9.47. The molecule has 0 N–H and O–H groups in total. The van der Waals surface area contributed by atoms with E-state index in [1.807, 2.05) is 41.3 Å². The normalized spacial score (nSPS) is 18.0. The topological polar surface area (TPSA) is 29.5 Å². The minimum Gasteiger partial charge on any atom is -0.370 e. The lowest BCUT2D eigenvalue weighted by Crippen LogP contribution is -2.42. The third kappa shape index (κ3) is 4.40. The zero-order chi connectivity index (χ0) is 18.9. The first-order valence-electron chi connectivity index (χ1n) is 8.71. The highest BCUT2D eigenvalue weighted by molar-refractivity contribution is 6.34. The lowest BCUT2D eigenvalue weighted by atomic mass is 9.86. The van der Waals surface area contributed by atoms with Gasteiger partial charge in [-0.3, -0.25) is 4.79 Å². The summed E-state index contributed by atoms with van der Waals surface area (Å²) in [5.74, 6) is 0.0203. The second-order valence-electron chi connectivity index (χ2n) is 7.64. The number of hydrogen-bond donors (Lipinski definition) is 0. The second-order valence-corrected chi connectivity index (χ2v) is 8.51. The van der Waals surface area contributed by atoms with E-state index in [4.69, 9.17) is 27.9 Å². The summed E-state index contributed by atoms with van der Waals surface area (Å²) in [4.78, 5) is 14.7. The maximum Gasteiger partial charge on any atom is 0.254 e. The lowest BCUT2D eigenvalue weighted by Gasteiger charge is -2.33. The summed E-state index contributed by atoms with van der Waals surface area (Å²) in [5, 5.41) is 1.13. The quantitative estimate of drug-likeness (QED) is 0.675. The molecule has 0 aliphatic carbocycles. The molecule has 0 bridgehead atoms. The smallest absolute Gasteiger partial charge is 0.254 e. The van der Waals surface area contributed by atoms with Gasteiger partial charge in [0, 0.05) is 22.2 Å². The number of morpholine rings is 1. The zero-order valence-electron chi connectivity index (χ0n) is 15.3. The van der Waals surface area contributed by atoms with Crippen molar-refractivity contribution in [3.63, 3.8) is 0 Å². The predicted molar refractivity (Wildman–Crippen MR) is 106 cm³/mol. The van der Waals surface area contributed by atoms with Crippen LogP contribution >= 0.6 is 23.2 Å². The van der Waals surface area contributed by atoms with Crippen LogP contribution in [-0.4, -0.2) is 30.5 Å². The molecule has 138 valence electrons. The van der Waals surface area contributed by atoms with Crippen molar-refractivity contribution in [2.24, 2.45) is 0 Å². The van der Waals surface area contributed by atoms with Crippen LogP contribution < -0.4 is 0 Å². The van der Waals surface area contributed by atoms with Crippen LogP contribution in [0.4, 0.5) is 0 Å². The van der Waals surface area contributed by atoms with Crippen LogP contribution in [0.3, 0.4) is 0 Å². The Kier molecular flexibility index (Phi) is 5.61. The van der Waals surface area contributed by atoms with Crippen LogP contribution in [0.5, 0.6) is 0 Å².